The highest BCUT2D eigenvalue weighted by molar-refractivity contribution is 7.98. The molecule has 8 nitrogen and oxygen atoms in total. The standard InChI is InChI=1S/C23H29FN6O2S/c1-15-19(16(2)30-22(26-15)27-23(28-30)33-3)8-9-21(31)25-14-20(29-10-12-32-13-11-29)17-4-6-18(24)7-5-17/h4-7,20H,8-14H2,1-3H3,(H,25,31)/t20-/m0/s1. The van der Waals surface area contributed by atoms with E-state index in [1.807, 2.05) is 20.1 Å². The van der Waals surface area contributed by atoms with Gasteiger partial charge in [0.2, 0.25) is 11.1 Å². The normalized spacial score (nSPS) is 15.6. The summed E-state index contributed by atoms with van der Waals surface area (Å²) in [5.41, 5.74) is 3.81. The summed E-state index contributed by atoms with van der Waals surface area (Å²) < 4.78 is 20.6. The highest BCUT2D eigenvalue weighted by Crippen LogP contribution is 2.22. The molecular formula is C23H29FN6O2S. The van der Waals surface area contributed by atoms with Crippen molar-refractivity contribution >= 4 is 23.4 Å². The summed E-state index contributed by atoms with van der Waals surface area (Å²) in [5, 5.41) is 8.23. The Morgan fingerprint density at radius 3 is 2.64 bits per heavy atom. The van der Waals surface area contributed by atoms with Crippen molar-refractivity contribution in [1.82, 2.24) is 29.8 Å². The number of nitrogens with zero attached hydrogens (tertiary/aromatic N) is 5. The summed E-state index contributed by atoms with van der Waals surface area (Å²) in [6.07, 6.45) is 2.84. The molecule has 1 atom stereocenters. The maximum absolute atomic E-state index is 13.4. The van der Waals surface area contributed by atoms with Crippen LogP contribution in [-0.2, 0) is 16.0 Å². The number of halogens is 1. The maximum Gasteiger partial charge on any atom is 0.253 e. The Balaban J connectivity index is 1.41. The zero-order valence-corrected chi connectivity index (χ0v) is 20.0. The third-order valence-electron chi connectivity index (χ3n) is 6.05. The summed E-state index contributed by atoms with van der Waals surface area (Å²) in [5.74, 6) is 0.282. The quantitative estimate of drug-likeness (QED) is 0.505. The van der Waals surface area contributed by atoms with Gasteiger partial charge >= 0.3 is 0 Å². The van der Waals surface area contributed by atoms with Crippen molar-refractivity contribution in [2.24, 2.45) is 0 Å². The van der Waals surface area contributed by atoms with Gasteiger partial charge in [-0.25, -0.2) is 13.9 Å². The smallest absolute Gasteiger partial charge is 0.253 e. The second kappa shape index (κ2) is 10.6. The van der Waals surface area contributed by atoms with Gasteiger partial charge in [0.15, 0.2) is 0 Å². The van der Waals surface area contributed by atoms with Gasteiger partial charge in [0, 0.05) is 37.4 Å². The second-order valence-electron chi connectivity index (χ2n) is 8.09. The van der Waals surface area contributed by atoms with Crippen LogP contribution >= 0.6 is 11.8 Å². The number of hydrogen-bond acceptors (Lipinski definition) is 7. The number of fused-ring (bicyclic) bond motifs is 1. The van der Waals surface area contributed by atoms with Crippen LogP contribution in [0.25, 0.3) is 5.78 Å². The van der Waals surface area contributed by atoms with Crippen LogP contribution in [0.5, 0.6) is 0 Å². The Bertz CT molecular complexity index is 1110. The minimum Gasteiger partial charge on any atom is -0.379 e. The number of thioether (sulfide) groups is 1. The Kier molecular flexibility index (Phi) is 7.56. The highest BCUT2D eigenvalue weighted by Gasteiger charge is 2.23. The third-order valence-corrected chi connectivity index (χ3v) is 6.59. The fourth-order valence-corrected chi connectivity index (χ4v) is 4.54. The number of benzene rings is 1. The van der Waals surface area contributed by atoms with Crippen molar-refractivity contribution in [1.29, 1.82) is 0 Å². The van der Waals surface area contributed by atoms with Crippen LogP contribution in [0, 0.1) is 19.7 Å². The second-order valence-corrected chi connectivity index (χ2v) is 8.86. The van der Waals surface area contributed by atoms with Crippen molar-refractivity contribution in [2.45, 2.75) is 37.9 Å². The van der Waals surface area contributed by atoms with Crippen LogP contribution in [0.2, 0.25) is 0 Å². The largest absolute Gasteiger partial charge is 0.379 e. The average Bonchev–Trinajstić information content (AvgIpc) is 3.24. The Morgan fingerprint density at radius 2 is 1.94 bits per heavy atom. The lowest BCUT2D eigenvalue weighted by molar-refractivity contribution is -0.121. The molecule has 10 heteroatoms. The number of amides is 1. The molecule has 3 aromatic rings. The van der Waals surface area contributed by atoms with Gasteiger partial charge < -0.3 is 10.1 Å². The molecule has 1 N–H and O–H groups in total. The van der Waals surface area contributed by atoms with E-state index in [1.54, 1.807) is 16.6 Å². The number of rotatable bonds is 8. The number of nitrogens with one attached hydrogen (secondary N) is 1. The van der Waals surface area contributed by atoms with Crippen molar-refractivity contribution in [3.05, 3.63) is 52.6 Å². The SMILES string of the molecule is CSc1nc2nc(C)c(CCC(=O)NC[C@@H](c3ccc(F)cc3)N3CCOCC3)c(C)n2n1. The number of hydrogen-bond donors (Lipinski definition) is 1. The molecule has 0 saturated carbocycles. The van der Waals surface area contributed by atoms with E-state index in [4.69, 9.17) is 4.74 Å². The predicted molar refractivity (Wildman–Crippen MR) is 125 cm³/mol. The van der Waals surface area contributed by atoms with E-state index in [0.29, 0.717) is 43.5 Å². The Morgan fingerprint density at radius 1 is 1.21 bits per heavy atom. The lowest BCUT2D eigenvalue weighted by Gasteiger charge is -2.35. The molecule has 1 fully saturated rings. The van der Waals surface area contributed by atoms with Gasteiger partial charge in [-0.15, -0.1) is 5.10 Å². The van der Waals surface area contributed by atoms with E-state index in [0.717, 1.165) is 35.6 Å². The van der Waals surface area contributed by atoms with Gasteiger partial charge in [-0.2, -0.15) is 4.98 Å². The molecule has 0 radical (unpaired) electrons. The topological polar surface area (TPSA) is 84.7 Å². The molecule has 33 heavy (non-hydrogen) atoms. The summed E-state index contributed by atoms with van der Waals surface area (Å²) in [4.78, 5) is 24.0. The summed E-state index contributed by atoms with van der Waals surface area (Å²) in [7, 11) is 0. The number of ether oxygens (including phenoxy) is 1. The molecule has 1 aliphatic rings. The Labute approximate surface area is 196 Å². The highest BCUT2D eigenvalue weighted by atomic mass is 32.2. The zero-order valence-electron chi connectivity index (χ0n) is 19.2. The van der Waals surface area contributed by atoms with Gasteiger partial charge in [0.1, 0.15) is 5.82 Å². The van der Waals surface area contributed by atoms with Gasteiger partial charge in [0.25, 0.3) is 5.78 Å². The molecule has 0 unspecified atom stereocenters. The maximum atomic E-state index is 13.4. The van der Waals surface area contributed by atoms with Crippen LogP contribution < -0.4 is 5.32 Å². The van der Waals surface area contributed by atoms with Crippen LogP contribution in [0.15, 0.2) is 29.4 Å². The average molecular weight is 473 g/mol. The minimum atomic E-state index is -0.267. The van der Waals surface area contributed by atoms with Crippen LogP contribution in [0.4, 0.5) is 4.39 Å². The number of carbonyl (C=O) groups is 1. The molecule has 0 aliphatic carbocycles. The molecule has 4 rings (SSSR count). The van der Waals surface area contributed by atoms with Crippen molar-refractivity contribution < 1.29 is 13.9 Å². The number of aryl methyl sites for hydroxylation is 2. The lowest BCUT2D eigenvalue weighted by Crippen LogP contribution is -2.43. The first-order chi connectivity index (χ1) is 16.0. The molecule has 1 amide bonds. The fraction of sp³-hybridized carbons (Fsp3) is 0.478. The number of carbonyl (C=O) groups excluding carboxylic acids is 1. The molecule has 1 aromatic carbocycles. The van der Waals surface area contributed by atoms with Crippen molar-refractivity contribution in [2.75, 3.05) is 39.1 Å². The summed E-state index contributed by atoms with van der Waals surface area (Å²) in [6.45, 7) is 7.24. The molecular weight excluding hydrogens is 443 g/mol. The molecule has 1 aliphatic heterocycles. The first kappa shape index (κ1) is 23.6. The molecule has 3 heterocycles. The van der Waals surface area contributed by atoms with Crippen molar-refractivity contribution in [3.63, 3.8) is 0 Å². The minimum absolute atomic E-state index is 0.0277. The summed E-state index contributed by atoms with van der Waals surface area (Å²) >= 11 is 1.47. The summed E-state index contributed by atoms with van der Waals surface area (Å²) in [6, 6.07) is 6.48. The van der Waals surface area contributed by atoms with E-state index in [-0.39, 0.29) is 17.8 Å². The van der Waals surface area contributed by atoms with Gasteiger partial charge in [-0.05, 0) is 49.8 Å². The molecule has 0 bridgehead atoms. The van der Waals surface area contributed by atoms with E-state index in [1.165, 1.54) is 23.9 Å². The number of aromatic nitrogens is 4. The van der Waals surface area contributed by atoms with E-state index < -0.39 is 0 Å². The fourth-order valence-electron chi connectivity index (χ4n) is 4.21. The third kappa shape index (κ3) is 5.51. The lowest BCUT2D eigenvalue weighted by atomic mass is 10.0. The van der Waals surface area contributed by atoms with Crippen molar-refractivity contribution in [3.8, 4) is 0 Å². The molecule has 2 aromatic heterocycles. The van der Waals surface area contributed by atoms with E-state index >= 15 is 0 Å². The van der Waals surface area contributed by atoms with Gasteiger partial charge in [-0.3, -0.25) is 9.69 Å². The molecule has 1 saturated heterocycles. The van der Waals surface area contributed by atoms with Crippen LogP contribution in [0.3, 0.4) is 0 Å². The molecule has 0 spiro atoms. The number of morpholine rings is 1. The first-order valence-corrected chi connectivity index (χ1v) is 12.3. The van der Waals surface area contributed by atoms with Crippen LogP contribution in [0.1, 0.15) is 35.0 Å². The predicted octanol–water partition coefficient (Wildman–Crippen LogP) is 2.72. The van der Waals surface area contributed by atoms with Gasteiger partial charge in [-0.1, -0.05) is 23.9 Å². The Hall–Kier alpha value is -2.56. The molecule has 176 valence electrons. The van der Waals surface area contributed by atoms with E-state index in [9.17, 15) is 9.18 Å². The van der Waals surface area contributed by atoms with E-state index in [2.05, 4.69) is 25.3 Å². The first-order valence-electron chi connectivity index (χ1n) is 11.1. The van der Waals surface area contributed by atoms with Crippen LogP contribution in [-0.4, -0.2) is 69.5 Å². The zero-order chi connectivity index (χ0) is 23.4. The van der Waals surface area contributed by atoms with Gasteiger partial charge in [0.05, 0.1) is 19.3 Å². The monoisotopic (exact) mass is 472 g/mol.